The Hall–Kier alpha value is -1.10. The van der Waals surface area contributed by atoms with Crippen LogP contribution in [-0.4, -0.2) is 37.0 Å². The Kier molecular flexibility index (Phi) is 9.99. The second-order valence-electron chi connectivity index (χ2n) is 7.82. The molecule has 0 radical (unpaired) electrons. The van der Waals surface area contributed by atoms with Gasteiger partial charge in [0.2, 0.25) is 11.8 Å². The molecule has 5 nitrogen and oxygen atoms in total. The molecule has 140 valence electrons. The van der Waals surface area contributed by atoms with E-state index >= 15 is 0 Å². The second kappa shape index (κ2) is 11.5. The number of hydrogen-bond donors (Lipinski definition) is 3. The van der Waals surface area contributed by atoms with Gasteiger partial charge in [0.05, 0.1) is 0 Å². The molecule has 0 spiro atoms. The molecule has 0 aliphatic heterocycles. The molecule has 0 heterocycles. The van der Waals surface area contributed by atoms with Crippen LogP contribution in [0.5, 0.6) is 0 Å². The van der Waals surface area contributed by atoms with Crippen LogP contribution in [0, 0.1) is 11.8 Å². The van der Waals surface area contributed by atoms with Crippen LogP contribution in [0.4, 0.5) is 0 Å². The summed E-state index contributed by atoms with van der Waals surface area (Å²) in [6.45, 7) is 9.33. The van der Waals surface area contributed by atoms with Gasteiger partial charge in [-0.25, -0.2) is 0 Å². The van der Waals surface area contributed by atoms with Crippen molar-refractivity contribution < 1.29 is 9.59 Å². The SMILES string of the molecule is CC(C)CC(=O)NC(C(=O)NCCNC1CCCCCC1)C(C)C. The van der Waals surface area contributed by atoms with E-state index in [0.717, 1.165) is 6.54 Å². The van der Waals surface area contributed by atoms with E-state index in [1.807, 2.05) is 27.7 Å². The zero-order valence-electron chi connectivity index (χ0n) is 16.0. The Morgan fingerprint density at radius 1 is 0.958 bits per heavy atom. The van der Waals surface area contributed by atoms with Gasteiger partial charge in [-0.3, -0.25) is 9.59 Å². The number of carbonyl (C=O) groups is 2. The largest absolute Gasteiger partial charge is 0.353 e. The van der Waals surface area contributed by atoms with Crippen molar-refractivity contribution in [3.05, 3.63) is 0 Å². The number of carbonyl (C=O) groups excluding carboxylic acids is 2. The lowest BCUT2D eigenvalue weighted by Crippen LogP contribution is -2.51. The average molecular weight is 340 g/mol. The number of hydrogen-bond acceptors (Lipinski definition) is 3. The van der Waals surface area contributed by atoms with E-state index < -0.39 is 6.04 Å². The van der Waals surface area contributed by atoms with Crippen LogP contribution in [-0.2, 0) is 9.59 Å². The normalized spacial score (nSPS) is 17.6. The van der Waals surface area contributed by atoms with E-state index in [1.54, 1.807) is 0 Å². The molecular formula is C19H37N3O2. The van der Waals surface area contributed by atoms with Crippen molar-refractivity contribution in [1.29, 1.82) is 0 Å². The summed E-state index contributed by atoms with van der Waals surface area (Å²) < 4.78 is 0. The number of rotatable bonds is 9. The molecule has 1 atom stereocenters. The molecule has 0 aromatic carbocycles. The summed E-state index contributed by atoms with van der Waals surface area (Å²) in [5.41, 5.74) is 0. The third kappa shape index (κ3) is 8.67. The van der Waals surface area contributed by atoms with Crippen LogP contribution < -0.4 is 16.0 Å². The molecule has 0 aromatic rings. The van der Waals surface area contributed by atoms with Crippen molar-refractivity contribution in [3.8, 4) is 0 Å². The molecule has 5 heteroatoms. The van der Waals surface area contributed by atoms with Gasteiger partial charge in [0.15, 0.2) is 0 Å². The van der Waals surface area contributed by atoms with E-state index in [2.05, 4.69) is 16.0 Å². The van der Waals surface area contributed by atoms with Crippen molar-refractivity contribution in [2.75, 3.05) is 13.1 Å². The molecule has 0 bridgehead atoms. The lowest BCUT2D eigenvalue weighted by Gasteiger charge is -2.23. The first-order valence-electron chi connectivity index (χ1n) is 9.70. The molecule has 2 amide bonds. The molecule has 1 aliphatic carbocycles. The molecule has 1 aliphatic rings. The lowest BCUT2D eigenvalue weighted by atomic mass is 10.0. The van der Waals surface area contributed by atoms with Crippen molar-refractivity contribution in [2.45, 2.75) is 84.7 Å². The highest BCUT2D eigenvalue weighted by Crippen LogP contribution is 2.16. The Labute approximate surface area is 147 Å². The molecule has 1 saturated carbocycles. The minimum absolute atomic E-state index is 0.0459. The zero-order valence-corrected chi connectivity index (χ0v) is 16.0. The highest BCUT2D eigenvalue weighted by molar-refractivity contribution is 5.87. The highest BCUT2D eigenvalue weighted by Gasteiger charge is 2.24. The van der Waals surface area contributed by atoms with Gasteiger partial charge < -0.3 is 16.0 Å². The van der Waals surface area contributed by atoms with Gasteiger partial charge in [-0.05, 0) is 24.7 Å². The molecule has 1 unspecified atom stereocenters. The summed E-state index contributed by atoms with van der Waals surface area (Å²) in [5, 5.41) is 9.39. The maximum atomic E-state index is 12.4. The van der Waals surface area contributed by atoms with Crippen LogP contribution in [0.15, 0.2) is 0 Å². The summed E-state index contributed by atoms with van der Waals surface area (Å²) in [7, 11) is 0. The summed E-state index contributed by atoms with van der Waals surface area (Å²) in [5.74, 6) is 0.251. The van der Waals surface area contributed by atoms with Gasteiger partial charge in [-0.2, -0.15) is 0 Å². The van der Waals surface area contributed by atoms with Gasteiger partial charge in [0, 0.05) is 25.6 Å². The van der Waals surface area contributed by atoms with E-state index in [1.165, 1.54) is 38.5 Å². The Morgan fingerprint density at radius 3 is 2.12 bits per heavy atom. The number of nitrogens with one attached hydrogen (secondary N) is 3. The smallest absolute Gasteiger partial charge is 0.242 e. The topological polar surface area (TPSA) is 70.2 Å². The molecule has 1 fully saturated rings. The molecular weight excluding hydrogens is 302 g/mol. The maximum Gasteiger partial charge on any atom is 0.242 e. The molecule has 3 N–H and O–H groups in total. The summed E-state index contributed by atoms with van der Waals surface area (Å²) in [6, 6.07) is 0.144. The van der Waals surface area contributed by atoms with E-state index in [4.69, 9.17) is 0 Å². The van der Waals surface area contributed by atoms with E-state index in [0.29, 0.717) is 24.9 Å². The summed E-state index contributed by atoms with van der Waals surface area (Å²) in [4.78, 5) is 24.3. The van der Waals surface area contributed by atoms with Gasteiger partial charge in [0.1, 0.15) is 6.04 Å². The van der Waals surface area contributed by atoms with Crippen LogP contribution in [0.1, 0.15) is 72.6 Å². The first kappa shape index (κ1) is 20.9. The van der Waals surface area contributed by atoms with E-state index in [-0.39, 0.29) is 17.7 Å². The fourth-order valence-electron chi connectivity index (χ4n) is 3.19. The third-order valence-corrected chi connectivity index (χ3v) is 4.57. The van der Waals surface area contributed by atoms with E-state index in [9.17, 15) is 9.59 Å². The van der Waals surface area contributed by atoms with Crippen molar-refractivity contribution >= 4 is 11.8 Å². The Balaban J connectivity index is 2.30. The van der Waals surface area contributed by atoms with Crippen molar-refractivity contribution in [2.24, 2.45) is 11.8 Å². The fraction of sp³-hybridized carbons (Fsp3) is 0.895. The first-order valence-corrected chi connectivity index (χ1v) is 9.70. The van der Waals surface area contributed by atoms with Crippen LogP contribution in [0.3, 0.4) is 0 Å². The third-order valence-electron chi connectivity index (χ3n) is 4.57. The molecule has 0 saturated heterocycles. The van der Waals surface area contributed by atoms with Crippen molar-refractivity contribution in [3.63, 3.8) is 0 Å². The van der Waals surface area contributed by atoms with Gasteiger partial charge in [0.25, 0.3) is 0 Å². The molecule has 24 heavy (non-hydrogen) atoms. The minimum atomic E-state index is -0.450. The monoisotopic (exact) mass is 339 g/mol. The van der Waals surface area contributed by atoms with Crippen LogP contribution in [0.25, 0.3) is 0 Å². The summed E-state index contributed by atoms with van der Waals surface area (Å²) in [6.07, 6.45) is 8.26. The van der Waals surface area contributed by atoms with Gasteiger partial charge >= 0.3 is 0 Å². The maximum absolute atomic E-state index is 12.4. The van der Waals surface area contributed by atoms with Crippen molar-refractivity contribution in [1.82, 2.24) is 16.0 Å². The van der Waals surface area contributed by atoms with Gasteiger partial charge in [-0.15, -0.1) is 0 Å². The minimum Gasteiger partial charge on any atom is -0.353 e. The second-order valence-corrected chi connectivity index (χ2v) is 7.82. The van der Waals surface area contributed by atoms with Crippen LogP contribution >= 0.6 is 0 Å². The fourth-order valence-corrected chi connectivity index (χ4v) is 3.19. The average Bonchev–Trinajstić information content (AvgIpc) is 2.76. The quantitative estimate of drug-likeness (QED) is 0.447. The predicted octanol–water partition coefficient (Wildman–Crippen LogP) is 2.60. The lowest BCUT2D eigenvalue weighted by molar-refractivity contribution is -0.130. The number of amides is 2. The van der Waals surface area contributed by atoms with Gasteiger partial charge in [-0.1, -0.05) is 53.4 Å². The molecule has 0 aromatic heterocycles. The summed E-state index contributed by atoms with van der Waals surface area (Å²) >= 11 is 0. The highest BCUT2D eigenvalue weighted by atomic mass is 16.2. The zero-order chi connectivity index (χ0) is 17.9. The first-order chi connectivity index (χ1) is 11.4. The Bertz CT molecular complexity index is 375. The predicted molar refractivity (Wildman–Crippen MR) is 98.7 cm³/mol. The molecule has 1 rings (SSSR count). The Morgan fingerprint density at radius 2 is 1.58 bits per heavy atom. The standard InChI is InChI=1S/C19H37N3O2/c1-14(2)13-17(23)22-18(15(3)4)19(24)21-12-11-20-16-9-7-5-6-8-10-16/h14-16,18,20H,5-13H2,1-4H3,(H,21,24)(H,22,23). The van der Waals surface area contributed by atoms with Crippen LogP contribution in [0.2, 0.25) is 0 Å².